The van der Waals surface area contributed by atoms with E-state index in [0.717, 1.165) is 0 Å². The minimum atomic E-state index is -0.887. The molecule has 2 atom stereocenters. The fourth-order valence-electron chi connectivity index (χ4n) is 3.05. The van der Waals surface area contributed by atoms with Crippen molar-refractivity contribution in [3.8, 4) is 0 Å². The van der Waals surface area contributed by atoms with E-state index >= 15 is 0 Å². The number of carbonyl (C=O) groups excluding carboxylic acids is 1. The molecule has 116 valence electrons. The molecule has 0 unspecified atom stereocenters. The first-order valence-electron chi connectivity index (χ1n) is 7.02. The summed E-state index contributed by atoms with van der Waals surface area (Å²) < 4.78 is 5.75. The van der Waals surface area contributed by atoms with Crippen LogP contribution in [0.1, 0.15) is 28.9 Å². The van der Waals surface area contributed by atoms with Crippen LogP contribution in [0.2, 0.25) is 0 Å². The van der Waals surface area contributed by atoms with Crippen molar-refractivity contribution in [2.24, 2.45) is 0 Å². The van der Waals surface area contributed by atoms with E-state index in [0.29, 0.717) is 49.0 Å². The van der Waals surface area contributed by atoms with E-state index in [-0.39, 0.29) is 5.91 Å². The first-order valence-corrected chi connectivity index (χ1v) is 7.84. The lowest BCUT2D eigenvalue weighted by atomic mass is 9.80. The van der Waals surface area contributed by atoms with Gasteiger partial charge in [0.25, 0.3) is 5.91 Å². The van der Waals surface area contributed by atoms with E-state index in [1.165, 1.54) is 17.5 Å². The molecular weight excluding hydrogens is 294 g/mol. The van der Waals surface area contributed by atoms with E-state index in [1.807, 2.05) is 0 Å². The molecule has 0 aliphatic carbocycles. The van der Waals surface area contributed by atoms with Crippen molar-refractivity contribution < 1.29 is 19.7 Å². The highest BCUT2D eigenvalue weighted by molar-refractivity contribution is 7.17. The van der Waals surface area contributed by atoms with Crippen molar-refractivity contribution in [3.63, 3.8) is 0 Å². The van der Waals surface area contributed by atoms with Crippen LogP contribution in [0, 0.1) is 0 Å². The number of nitrogen functional groups attached to an aromatic ring is 1. The summed E-state index contributed by atoms with van der Waals surface area (Å²) in [5.74, 6) is -0.0927. The van der Waals surface area contributed by atoms with Crippen LogP contribution in [0.4, 0.5) is 5.13 Å². The SMILES string of the molecule is Nc1ncc(C(=O)N2CCC3(CC2)OCC[C@H](O)[C@@H]3O)s1. The summed E-state index contributed by atoms with van der Waals surface area (Å²) >= 11 is 1.17. The Kier molecular flexibility index (Phi) is 3.87. The largest absolute Gasteiger partial charge is 0.390 e. The predicted octanol–water partition coefficient (Wildman–Crippen LogP) is -0.158. The zero-order chi connectivity index (χ0) is 15.0. The lowest BCUT2D eigenvalue weighted by Gasteiger charge is -2.48. The number of piperidine rings is 1. The third kappa shape index (κ3) is 2.64. The Labute approximate surface area is 126 Å². The molecule has 3 heterocycles. The summed E-state index contributed by atoms with van der Waals surface area (Å²) in [5, 5.41) is 20.4. The molecular formula is C13H19N3O4S. The van der Waals surface area contributed by atoms with Gasteiger partial charge >= 0.3 is 0 Å². The van der Waals surface area contributed by atoms with Crippen molar-refractivity contribution in [3.05, 3.63) is 11.1 Å². The first kappa shape index (κ1) is 14.7. The summed E-state index contributed by atoms with van der Waals surface area (Å²) in [7, 11) is 0. The van der Waals surface area contributed by atoms with E-state index in [2.05, 4.69) is 4.98 Å². The van der Waals surface area contributed by atoms with Gasteiger partial charge in [0.1, 0.15) is 11.0 Å². The number of anilines is 1. The summed E-state index contributed by atoms with van der Waals surface area (Å²) in [6.07, 6.45) is 1.34. The number of hydrogen-bond donors (Lipinski definition) is 3. The zero-order valence-electron chi connectivity index (χ0n) is 11.6. The number of ether oxygens (including phenoxy) is 1. The van der Waals surface area contributed by atoms with Crippen molar-refractivity contribution in [2.45, 2.75) is 37.1 Å². The maximum Gasteiger partial charge on any atom is 0.265 e. The average Bonchev–Trinajstić information content (AvgIpc) is 2.91. The van der Waals surface area contributed by atoms with Gasteiger partial charge in [0.15, 0.2) is 5.13 Å². The van der Waals surface area contributed by atoms with Crippen LogP contribution in [0.25, 0.3) is 0 Å². The molecule has 0 bridgehead atoms. The Morgan fingerprint density at radius 3 is 2.81 bits per heavy atom. The molecule has 8 heteroatoms. The van der Waals surface area contributed by atoms with Crippen molar-refractivity contribution in [1.29, 1.82) is 0 Å². The second kappa shape index (κ2) is 5.53. The molecule has 2 saturated heterocycles. The fourth-order valence-corrected chi connectivity index (χ4v) is 3.70. The average molecular weight is 313 g/mol. The second-order valence-electron chi connectivity index (χ2n) is 5.57. The van der Waals surface area contributed by atoms with Gasteiger partial charge < -0.3 is 25.6 Å². The maximum absolute atomic E-state index is 12.3. The van der Waals surface area contributed by atoms with Gasteiger partial charge in [-0.25, -0.2) is 4.98 Å². The van der Waals surface area contributed by atoms with Crippen LogP contribution in [-0.4, -0.2) is 63.5 Å². The number of aliphatic hydroxyl groups excluding tert-OH is 2. The van der Waals surface area contributed by atoms with Gasteiger partial charge in [0, 0.05) is 13.1 Å². The highest BCUT2D eigenvalue weighted by Gasteiger charge is 2.48. The lowest BCUT2D eigenvalue weighted by Crippen LogP contribution is -2.60. The number of rotatable bonds is 1. The van der Waals surface area contributed by atoms with Gasteiger partial charge in [0.05, 0.1) is 24.5 Å². The molecule has 0 radical (unpaired) electrons. The molecule has 0 saturated carbocycles. The number of aromatic nitrogens is 1. The molecule has 1 aromatic rings. The molecule has 3 rings (SSSR count). The quantitative estimate of drug-likeness (QED) is 0.665. The number of nitrogens with zero attached hydrogens (tertiary/aromatic N) is 2. The normalized spacial score (nSPS) is 28.8. The predicted molar refractivity (Wildman–Crippen MR) is 77.0 cm³/mol. The van der Waals surface area contributed by atoms with Crippen LogP contribution in [-0.2, 0) is 4.74 Å². The Hall–Kier alpha value is -1.22. The van der Waals surface area contributed by atoms with E-state index in [1.54, 1.807) is 4.90 Å². The zero-order valence-corrected chi connectivity index (χ0v) is 12.4. The molecule has 2 aliphatic heterocycles. The molecule has 2 aliphatic rings. The number of thiazole rings is 1. The molecule has 4 N–H and O–H groups in total. The number of amides is 1. The summed E-state index contributed by atoms with van der Waals surface area (Å²) in [6.45, 7) is 1.42. The summed E-state index contributed by atoms with van der Waals surface area (Å²) in [6, 6.07) is 0. The number of aliphatic hydroxyl groups is 2. The Balaban J connectivity index is 1.66. The minimum absolute atomic E-state index is 0.0927. The van der Waals surface area contributed by atoms with Gasteiger partial charge in [-0.15, -0.1) is 0 Å². The molecule has 1 spiro atoms. The Morgan fingerprint density at radius 1 is 1.48 bits per heavy atom. The van der Waals surface area contributed by atoms with Crippen molar-refractivity contribution in [1.82, 2.24) is 9.88 Å². The standard InChI is InChI=1S/C13H19N3O4S/c14-12-15-7-9(21-12)11(19)16-4-2-13(3-5-16)10(18)8(17)1-6-20-13/h7-8,10,17-18H,1-6H2,(H2,14,15)/t8-,10-/m0/s1. The van der Waals surface area contributed by atoms with Gasteiger partial charge in [-0.05, 0) is 19.3 Å². The fraction of sp³-hybridized carbons (Fsp3) is 0.692. The number of carbonyl (C=O) groups is 1. The van der Waals surface area contributed by atoms with Crippen LogP contribution in [0.5, 0.6) is 0 Å². The summed E-state index contributed by atoms with van der Waals surface area (Å²) in [5.41, 5.74) is 4.83. The van der Waals surface area contributed by atoms with Gasteiger partial charge in [-0.1, -0.05) is 11.3 Å². The van der Waals surface area contributed by atoms with E-state index in [4.69, 9.17) is 10.5 Å². The molecule has 1 aromatic heterocycles. The van der Waals surface area contributed by atoms with Gasteiger partial charge in [-0.3, -0.25) is 4.79 Å². The number of likely N-dealkylation sites (tertiary alicyclic amines) is 1. The third-order valence-corrected chi connectivity index (χ3v) is 5.15. The smallest absolute Gasteiger partial charge is 0.265 e. The van der Waals surface area contributed by atoms with Crippen molar-refractivity contribution in [2.75, 3.05) is 25.4 Å². The van der Waals surface area contributed by atoms with E-state index < -0.39 is 17.8 Å². The summed E-state index contributed by atoms with van der Waals surface area (Å²) in [4.78, 5) is 18.4. The van der Waals surface area contributed by atoms with Crippen LogP contribution < -0.4 is 5.73 Å². The van der Waals surface area contributed by atoms with Gasteiger partial charge in [0.2, 0.25) is 0 Å². The number of nitrogens with two attached hydrogens (primary N) is 1. The van der Waals surface area contributed by atoms with Crippen LogP contribution in [0.3, 0.4) is 0 Å². The second-order valence-corrected chi connectivity index (χ2v) is 6.63. The molecule has 2 fully saturated rings. The van der Waals surface area contributed by atoms with Crippen LogP contribution in [0.15, 0.2) is 6.20 Å². The Morgan fingerprint density at radius 2 is 2.19 bits per heavy atom. The lowest BCUT2D eigenvalue weighted by molar-refractivity contribution is -0.212. The monoisotopic (exact) mass is 313 g/mol. The minimum Gasteiger partial charge on any atom is -0.390 e. The van der Waals surface area contributed by atoms with Crippen LogP contribution >= 0.6 is 11.3 Å². The highest BCUT2D eigenvalue weighted by Crippen LogP contribution is 2.36. The number of hydrogen-bond acceptors (Lipinski definition) is 7. The van der Waals surface area contributed by atoms with Crippen molar-refractivity contribution >= 4 is 22.4 Å². The molecule has 21 heavy (non-hydrogen) atoms. The third-order valence-electron chi connectivity index (χ3n) is 4.34. The first-order chi connectivity index (χ1) is 10.0. The molecule has 1 amide bonds. The van der Waals surface area contributed by atoms with E-state index in [9.17, 15) is 15.0 Å². The van der Waals surface area contributed by atoms with Gasteiger partial charge in [-0.2, -0.15) is 0 Å². The maximum atomic E-state index is 12.3. The topological polar surface area (TPSA) is 109 Å². The Bertz CT molecular complexity index is 527. The molecule has 7 nitrogen and oxygen atoms in total. The highest BCUT2D eigenvalue weighted by atomic mass is 32.1. The molecule has 0 aromatic carbocycles.